The molecule has 0 aliphatic rings. The van der Waals surface area contributed by atoms with Gasteiger partial charge in [0.2, 0.25) is 0 Å². The summed E-state index contributed by atoms with van der Waals surface area (Å²) in [7, 11) is 0. The highest BCUT2D eigenvalue weighted by Crippen LogP contribution is 2.30. The molecule has 0 saturated heterocycles. The van der Waals surface area contributed by atoms with Gasteiger partial charge in [-0.1, -0.05) is 18.7 Å². The van der Waals surface area contributed by atoms with E-state index in [4.69, 9.17) is 9.47 Å². The largest absolute Gasteiger partial charge is 0.491 e. The molecule has 1 unspecified atom stereocenters. The molecule has 0 bridgehead atoms. The van der Waals surface area contributed by atoms with Crippen LogP contribution in [-0.4, -0.2) is 12.2 Å². The summed E-state index contributed by atoms with van der Waals surface area (Å²) in [6, 6.07) is 16.5. The zero-order valence-corrected chi connectivity index (χ0v) is 14.5. The van der Waals surface area contributed by atoms with Gasteiger partial charge in [-0.2, -0.15) is 0 Å². The molecule has 0 saturated carbocycles. The first-order valence-electron chi connectivity index (χ1n) is 7.78. The van der Waals surface area contributed by atoms with Crippen LogP contribution in [0.15, 0.2) is 58.3 Å². The van der Waals surface area contributed by atoms with Gasteiger partial charge in [0.05, 0.1) is 12.2 Å². The Labute approximate surface area is 137 Å². The molecule has 2 rings (SSSR count). The first kappa shape index (κ1) is 16.8. The lowest BCUT2D eigenvalue weighted by Gasteiger charge is -2.13. The molecular weight excluding hydrogens is 292 g/mol. The van der Waals surface area contributed by atoms with Crippen molar-refractivity contribution in [2.45, 2.75) is 56.1 Å². The highest BCUT2D eigenvalue weighted by molar-refractivity contribution is 7.99. The Hall–Kier alpha value is -1.61. The first-order chi connectivity index (χ1) is 10.6. The molecule has 3 heteroatoms. The van der Waals surface area contributed by atoms with Gasteiger partial charge in [0.1, 0.15) is 11.5 Å². The molecule has 0 N–H and O–H groups in total. The van der Waals surface area contributed by atoms with E-state index in [9.17, 15) is 0 Å². The lowest BCUT2D eigenvalue weighted by molar-refractivity contribution is 0.217. The van der Waals surface area contributed by atoms with Gasteiger partial charge in [0.15, 0.2) is 0 Å². The van der Waals surface area contributed by atoms with Crippen molar-refractivity contribution in [3.8, 4) is 11.5 Å². The van der Waals surface area contributed by atoms with Crippen molar-refractivity contribution >= 4 is 11.8 Å². The van der Waals surface area contributed by atoms with Gasteiger partial charge in [-0.25, -0.2) is 0 Å². The van der Waals surface area contributed by atoms with Crippen molar-refractivity contribution in [2.75, 3.05) is 0 Å². The van der Waals surface area contributed by atoms with Crippen LogP contribution in [-0.2, 0) is 0 Å². The highest BCUT2D eigenvalue weighted by atomic mass is 32.2. The Morgan fingerprint density at radius 2 is 1.23 bits per heavy atom. The van der Waals surface area contributed by atoms with Crippen molar-refractivity contribution in [2.24, 2.45) is 0 Å². The molecule has 0 aliphatic heterocycles. The Balaban J connectivity index is 1.95. The van der Waals surface area contributed by atoms with E-state index in [1.54, 1.807) is 11.8 Å². The predicted octanol–water partition coefficient (Wildman–Crippen LogP) is 5.80. The van der Waals surface area contributed by atoms with Gasteiger partial charge in [-0.05, 0) is 75.7 Å². The van der Waals surface area contributed by atoms with Gasteiger partial charge in [-0.3, -0.25) is 0 Å². The van der Waals surface area contributed by atoms with Crippen LogP contribution in [0.1, 0.15) is 34.1 Å². The summed E-state index contributed by atoms with van der Waals surface area (Å²) in [6.07, 6.45) is 1.48. The third-order valence-electron chi connectivity index (χ3n) is 3.17. The Morgan fingerprint density at radius 3 is 1.64 bits per heavy atom. The average Bonchev–Trinajstić information content (AvgIpc) is 2.50. The second-order valence-electron chi connectivity index (χ2n) is 5.55. The smallest absolute Gasteiger partial charge is 0.119 e. The zero-order valence-electron chi connectivity index (χ0n) is 13.7. The Morgan fingerprint density at radius 1 is 0.773 bits per heavy atom. The van der Waals surface area contributed by atoms with Crippen molar-refractivity contribution < 1.29 is 9.47 Å². The molecular formula is C19H24O2S. The molecule has 0 heterocycles. The maximum absolute atomic E-state index is 5.80. The lowest BCUT2D eigenvalue weighted by atomic mass is 10.3. The fourth-order valence-corrected chi connectivity index (χ4v) is 2.71. The van der Waals surface area contributed by atoms with E-state index < -0.39 is 0 Å². The lowest BCUT2D eigenvalue weighted by Crippen LogP contribution is -2.09. The summed E-state index contributed by atoms with van der Waals surface area (Å²) in [5.41, 5.74) is 0. The van der Waals surface area contributed by atoms with Gasteiger partial charge in [0, 0.05) is 9.79 Å². The summed E-state index contributed by atoms with van der Waals surface area (Å²) in [5.74, 6) is 1.84. The highest BCUT2D eigenvalue weighted by Gasteiger charge is 2.03. The van der Waals surface area contributed by atoms with Crippen molar-refractivity contribution in [3.63, 3.8) is 0 Å². The van der Waals surface area contributed by atoms with Crippen LogP contribution in [0, 0.1) is 0 Å². The molecule has 0 amide bonds. The number of hydrogen-bond acceptors (Lipinski definition) is 3. The summed E-state index contributed by atoms with van der Waals surface area (Å²) in [6.45, 7) is 8.28. The van der Waals surface area contributed by atoms with Crippen LogP contribution in [0.5, 0.6) is 11.5 Å². The number of benzene rings is 2. The normalized spacial score (nSPS) is 12.2. The second kappa shape index (κ2) is 8.14. The molecule has 118 valence electrons. The summed E-state index contributed by atoms with van der Waals surface area (Å²) in [5, 5.41) is 0. The van der Waals surface area contributed by atoms with Gasteiger partial charge in [0.25, 0.3) is 0 Å². The standard InChI is InChI=1S/C19H24O2S/c1-5-15(4)21-17-8-12-19(13-9-17)22-18-10-6-16(7-11-18)20-14(2)3/h6-15H,5H2,1-4H3. The maximum Gasteiger partial charge on any atom is 0.119 e. The number of ether oxygens (including phenoxy) is 2. The topological polar surface area (TPSA) is 18.5 Å². The SMILES string of the molecule is CCC(C)Oc1ccc(Sc2ccc(OC(C)C)cc2)cc1. The van der Waals surface area contributed by atoms with E-state index in [1.807, 2.05) is 38.1 Å². The minimum atomic E-state index is 0.205. The predicted molar refractivity (Wildman–Crippen MR) is 93.2 cm³/mol. The molecule has 2 nitrogen and oxygen atoms in total. The van der Waals surface area contributed by atoms with Crippen LogP contribution in [0.4, 0.5) is 0 Å². The molecule has 1 atom stereocenters. The molecule has 2 aromatic rings. The quantitative estimate of drug-likeness (QED) is 0.643. The van der Waals surface area contributed by atoms with E-state index in [2.05, 4.69) is 38.1 Å². The first-order valence-corrected chi connectivity index (χ1v) is 8.59. The fraction of sp³-hybridized carbons (Fsp3) is 0.368. The van der Waals surface area contributed by atoms with Crippen molar-refractivity contribution in [1.29, 1.82) is 0 Å². The number of rotatable bonds is 7. The van der Waals surface area contributed by atoms with Crippen LogP contribution >= 0.6 is 11.8 Å². The molecule has 2 aromatic carbocycles. The number of hydrogen-bond donors (Lipinski definition) is 0. The second-order valence-corrected chi connectivity index (χ2v) is 6.70. The maximum atomic E-state index is 5.80. The molecule has 0 fully saturated rings. The van der Waals surface area contributed by atoms with E-state index in [1.165, 1.54) is 9.79 Å². The monoisotopic (exact) mass is 316 g/mol. The van der Waals surface area contributed by atoms with Crippen LogP contribution in [0.3, 0.4) is 0 Å². The zero-order chi connectivity index (χ0) is 15.9. The molecule has 0 radical (unpaired) electrons. The third-order valence-corrected chi connectivity index (χ3v) is 4.18. The van der Waals surface area contributed by atoms with Crippen LogP contribution in [0.25, 0.3) is 0 Å². The van der Waals surface area contributed by atoms with Crippen molar-refractivity contribution in [3.05, 3.63) is 48.5 Å². The molecule has 0 spiro atoms. The van der Waals surface area contributed by atoms with Gasteiger partial charge in [-0.15, -0.1) is 0 Å². The Bertz CT molecular complexity index is 561. The van der Waals surface area contributed by atoms with E-state index in [-0.39, 0.29) is 12.2 Å². The fourth-order valence-electron chi connectivity index (χ4n) is 1.90. The summed E-state index contributed by atoms with van der Waals surface area (Å²) < 4.78 is 11.5. The van der Waals surface area contributed by atoms with Gasteiger partial charge >= 0.3 is 0 Å². The van der Waals surface area contributed by atoms with E-state index >= 15 is 0 Å². The molecule has 0 aromatic heterocycles. The summed E-state index contributed by atoms with van der Waals surface area (Å²) in [4.78, 5) is 2.40. The Kier molecular flexibility index (Phi) is 6.20. The van der Waals surface area contributed by atoms with E-state index in [0.717, 1.165) is 17.9 Å². The van der Waals surface area contributed by atoms with E-state index in [0.29, 0.717) is 0 Å². The van der Waals surface area contributed by atoms with Crippen LogP contribution in [0.2, 0.25) is 0 Å². The summed E-state index contributed by atoms with van der Waals surface area (Å²) >= 11 is 1.74. The molecule has 0 aliphatic carbocycles. The van der Waals surface area contributed by atoms with Crippen LogP contribution < -0.4 is 9.47 Å². The van der Waals surface area contributed by atoms with Crippen molar-refractivity contribution in [1.82, 2.24) is 0 Å². The molecule has 22 heavy (non-hydrogen) atoms. The average molecular weight is 316 g/mol. The third kappa shape index (κ3) is 5.30. The minimum Gasteiger partial charge on any atom is -0.491 e. The van der Waals surface area contributed by atoms with Gasteiger partial charge < -0.3 is 9.47 Å². The minimum absolute atomic E-state index is 0.205.